The maximum absolute atomic E-state index is 14.8. The average molecular weight is 412 g/mol. The van der Waals surface area contributed by atoms with Gasteiger partial charge in [0.25, 0.3) is 0 Å². The van der Waals surface area contributed by atoms with E-state index in [-0.39, 0.29) is 30.3 Å². The summed E-state index contributed by atoms with van der Waals surface area (Å²) in [5, 5.41) is 9.11. The van der Waals surface area contributed by atoms with Gasteiger partial charge in [0.1, 0.15) is 23.3 Å². The largest absolute Gasteiger partial charge is 0.444 e. The lowest BCUT2D eigenvalue weighted by Crippen LogP contribution is -2.41. The lowest BCUT2D eigenvalue weighted by Gasteiger charge is -2.34. The molecule has 1 N–H and O–H groups in total. The Hall–Kier alpha value is -2.42. The van der Waals surface area contributed by atoms with Gasteiger partial charge in [0.15, 0.2) is 0 Å². The summed E-state index contributed by atoms with van der Waals surface area (Å²) < 4.78 is 39.8. The number of carbonyl (C=O) groups excluding carboxylic acids is 2. The standard InChI is InChI=1S/C20H26F2N2O5/c1-20(2,3)29-18(26)23-6-4-12(5-7-23)17-15(21)8-13(9-16(17)22)24-10-14(11-25)28-19(24)27/h8-9,12,14,25H,4-7,10-11H2,1-3H3/t14-/m1/s1. The minimum Gasteiger partial charge on any atom is -0.444 e. The number of amides is 2. The summed E-state index contributed by atoms with van der Waals surface area (Å²) in [7, 11) is 0. The molecule has 9 heteroatoms. The van der Waals surface area contributed by atoms with Crippen LogP contribution in [0.3, 0.4) is 0 Å². The van der Waals surface area contributed by atoms with Gasteiger partial charge in [0, 0.05) is 18.7 Å². The highest BCUT2D eigenvalue weighted by molar-refractivity contribution is 5.89. The van der Waals surface area contributed by atoms with Crippen LogP contribution >= 0.6 is 0 Å². The smallest absolute Gasteiger partial charge is 0.414 e. The number of hydrogen-bond acceptors (Lipinski definition) is 5. The molecule has 2 fully saturated rings. The maximum Gasteiger partial charge on any atom is 0.414 e. The highest BCUT2D eigenvalue weighted by Gasteiger charge is 2.34. The average Bonchev–Trinajstić information content (AvgIpc) is 3.01. The van der Waals surface area contributed by atoms with Crippen LogP contribution in [0.2, 0.25) is 0 Å². The number of aliphatic hydroxyl groups excluding tert-OH is 1. The number of nitrogens with zero attached hydrogens (tertiary/aromatic N) is 2. The van der Waals surface area contributed by atoms with Crippen molar-refractivity contribution >= 4 is 17.9 Å². The second-order valence-electron chi connectivity index (χ2n) is 8.36. The van der Waals surface area contributed by atoms with Crippen molar-refractivity contribution in [2.75, 3.05) is 31.1 Å². The van der Waals surface area contributed by atoms with Crippen molar-refractivity contribution in [3.8, 4) is 0 Å². The molecule has 2 aliphatic heterocycles. The first-order chi connectivity index (χ1) is 13.6. The second-order valence-corrected chi connectivity index (χ2v) is 8.36. The van der Waals surface area contributed by atoms with E-state index in [1.54, 1.807) is 25.7 Å². The van der Waals surface area contributed by atoms with E-state index >= 15 is 0 Å². The van der Waals surface area contributed by atoms with Crippen LogP contribution in [-0.4, -0.2) is 60.1 Å². The van der Waals surface area contributed by atoms with Gasteiger partial charge in [-0.25, -0.2) is 18.4 Å². The number of ether oxygens (including phenoxy) is 2. The Bertz CT molecular complexity index is 765. The Morgan fingerprint density at radius 1 is 1.24 bits per heavy atom. The molecule has 0 spiro atoms. The number of hydrogen-bond donors (Lipinski definition) is 1. The number of piperidine rings is 1. The lowest BCUT2D eigenvalue weighted by atomic mass is 9.88. The van der Waals surface area contributed by atoms with Gasteiger partial charge in [-0.3, -0.25) is 4.90 Å². The number of aliphatic hydroxyl groups is 1. The van der Waals surface area contributed by atoms with E-state index in [2.05, 4.69) is 0 Å². The van der Waals surface area contributed by atoms with Crippen LogP contribution in [0, 0.1) is 11.6 Å². The molecule has 3 rings (SSSR count). The normalized spacial score (nSPS) is 20.8. The molecule has 1 aromatic rings. The van der Waals surface area contributed by atoms with E-state index in [0.717, 1.165) is 17.0 Å². The van der Waals surface area contributed by atoms with Crippen LogP contribution in [0.25, 0.3) is 0 Å². The zero-order chi connectivity index (χ0) is 21.3. The van der Waals surface area contributed by atoms with Crippen LogP contribution in [0.5, 0.6) is 0 Å². The summed E-state index contributed by atoms with van der Waals surface area (Å²) in [4.78, 5) is 26.6. The maximum atomic E-state index is 14.8. The Morgan fingerprint density at radius 3 is 2.31 bits per heavy atom. The zero-order valence-electron chi connectivity index (χ0n) is 16.8. The van der Waals surface area contributed by atoms with Gasteiger partial charge in [0.2, 0.25) is 0 Å². The van der Waals surface area contributed by atoms with E-state index < -0.39 is 35.5 Å². The van der Waals surface area contributed by atoms with Crippen LogP contribution in [0.1, 0.15) is 45.1 Å². The van der Waals surface area contributed by atoms with Crippen LogP contribution < -0.4 is 4.90 Å². The SMILES string of the molecule is CC(C)(C)OC(=O)N1CCC(c2c(F)cc(N3C[C@H](CO)OC3=O)cc2F)CC1. The number of anilines is 1. The van der Waals surface area contributed by atoms with E-state index in [9.17, 15) is 18.4 Å². The molecule has 2 aliphatic rings. The molecule has 2 saturated heterocycles. The third-order valence-electron chi connectivity index (χ3n) is 5.01. The molecular weight excluding hydrogens is 386 g/mol. The molecule has 29 heavy (non-hydrogen) atoms. The fourth-order valence-electron chi connectivity index (χ4n) is 3.62. The van der Waals surface area contributed by atoms with Gasteiger partial charge in [-0.15, -0.1) is 0 Å². The number of likely N-dealkylation sites (tertiary alicyclic amines) is 1. The molecule has 7 nitrogen and oxygen atoms in total. The topological polar surface area (TPSA) is 79.3 Å². The van der Waals surface area contributed by atoms with Crippen LogP contribution in [0.4, 0.5) is 24.1 Å². The Kier molecular flexibility index (Phi) is 5.97. The van der Waals surface area contributed by atoms with Crippen molar-refractivity contribution in [1.29, 1.82) is 0 Å². The second kappa shape index (κ2) is 8.14. The Labute approximate surface area is 168 Å². The molecule has 0 saturated carbocycles. The first kappa shape index (κ1) is 21.3. The van der Waals surface area contributed by atoms with Gasteiger partial charge in [-0.05, 0) is 51.7 Å². The van der Waals surface area contributed by atoms with Crippen molar-refractivity contribution in [1.82, 2.24) is 4.90 Å². The third-order valence-corrected chi connectivity index (χ3v) is 5.01. The number of benzene rings is 1. The van der Waals surface area contributed by atoms with Crippen molar-refractivity contribution in [2.24, 2.45) is 0 Å². The number of rotatable bonds is 3. The first-order valence-electron chi connectivity index (χ1n) is 9.65. The quantitative estimate of drug-likeness (QED) is 0.823. The van der Waals surface area contributed by atoms with E-state index in [1.807, 2.05) is 0 Å². The molecule has 2 heterocycles. The summed E-state index contributed by atoms with van der Waals surface area (Å²) in [6.45, 7) is 5.70. The predicted molar refractivity (Wildman–Crippen MR) is 101 cm³/mol. The minimum absolute atomic E-state index is 0.0296. The highest BCUT2D eigenvalue weighted by atomic mass is 19.1. The van der Waals surface area contributed by atoms with Crippen molar-refractivity contribution in [3.63, 3.8) is 0 Å². The molecule has 1 atom stereocenters. The number of halogens is 2. The van der Waals surface area contributed by atoms with Gasteiger partial charge in [-0.2, -0.15) is 0 Å². The molecule has 160 valence electrons. The minimum atomic E-state index is -0.749. The van der Waals surface area contributed by atoms with Gasteiger partial charge in [-0.1, -0.05) is 0 Å². The van der Waals surface area contributed by atoms with E-state index in [4.69, 9.17) is 14.6 Å². The molecule has 0 unspecified atom stereocenters. The van der Waals surface area contributed by atoms with Crippen LogP contribution in [0.15, 0.2) is 12.1 Å². The number of carbonyl (C=O) groups is 2. The van der Waals surface area contributed by atoms with Crippen molar-refractivity contribution in [2.45, 2.75) is 51.2 Å². The molecule has 2 amide bonds. The first-order valence-corrected chi connectivity index (χ1v) is 9.65. The highest BCUT2D eigenvalue weighted by Crippen LogP contribution is 2.35. The molecule has 1 aromatic carbocycles. The van der Waals surface area contributed by atoms with Gasteiger partial charge < -0.3 is 19.5 Å². The fourth-order valence-corrected chi connectivity index (χ4v) is 3.62. The summed E-state index contributed by atoms with van der Waals surface area (Å²) in [5.74, 6) is -1.86. The summed E-state index contributed by atoms with van der Waals surface area (Å²) in [5.41, 5.74) is -0.590. The Morgan fingerprint density at radius 2 is 1.83 bits per heavy atom. The summed E-state index contributed by atoms with van der Waals surface area (Å²) in [6.07, 6.45) is -1.08. The van der Waals surface area contributed by atoms with Crippen molar-refractivity contribution in [3.05, 3.63) is 29.3 Å². The monoisotopic (exact) mass is 412 g/mol. The van der Waals surface area contributed by atoms with E-state index in [0.29, 0.717) is 25.9 Å². The number of cyclic esters (lactones) is 1. The van der Waals surface area contributed by atoms with Gasteiger partial charge >= 0.3 is 12.2 Å². The molecular formula is C20H26F2N2O5. The lowest BCUT2D eigenvalue weighted by molar-refractivity contribution is 0.0203. The zero-order valence-corrected chi connectivity index (χ0v) is 16.8. The summed E-state index contributed by atoms with van der Waals surface area (Å²) >= 11 is 0. The molecule has 0 aliphatic carbocycles. The molecule has 0 bridgehead atoms. The van der Waals surface area contributed by atoms with Crippen LogP contribution in [-0.2, 0) is 9.47 Å². The van der Waals surface area contributed by atoms with Gasteiger partial charge in [0.05, 0.1) is 18.8 Å². The molecule has 0 radical (unpaired) electrons. The fraction of sp³-hybridized carbons (Fsp3) is 0.600. The van der Waals surface area contributed by atoms with Crippen molar-refractivity contribution < 1.29 is 33.0 Å². The predicted octanol–water partition coefficient (Wildman–Crippen LogP) is 3.40. The third kappa shape index (κ3) is 4.77. The summed E-state index contributed by atoms with van der Waals surface area (Å²) in [6, 6.07) is 2.22. The van der Waals surface area contributed by atoms with E-state index in [1.165, 1.54) is 0 Å². The Balaban J connectivity index is 1.70. The molecule has 0 aromatic heterocycles.